The van der Waals surface area contributed by atoms with Crippen LogP contribution >= 0.6 is 22.3 Å². The summed E-state index contributed by atoms with van der Waals surface area (Å²) in [4.78, 5) is 12.3. The maximum absolute atomic E-state index is 12.6. The first-order valence-corrected chi connectivity index (χ1v) is 9.96. The Morgan fingerprint density at radius 3 is 2.44 bits per heavy atom. The molecule has 2 aromatic carbocycles. The highest BCUT2D eigenvalue weighted by molar-refractivity contribution is 8.13. The van der Waals surface area contributed by atoms with Crippen molar-refractivity contribution in [1.29, 1.82) is 5.26 Å². The first-order chi connectivity index (χ1) is 12.8. The molecule has 0 fully saturated rings. The summed E-state index contributed by atoms with van der Waals surface area (Å²) in [7, 11) is 1.31. The Morgan fingerprint density at radius 2 is 1.81 bits per heavy atom. The van der Waals surface area contributed by atoms with Gasteiger partial charge in [0, 0.05) is 10.7 Å². The lowest BCUT2D eigenvalue weighted by atomic mass is 10.3. The normalized spacial score (nSPS) is 11.6. The van der Waals surface area contributed by atoms with Crippen LogP contribution in [0.4, 0.5) is 11.4 Å². The fourth-order valence-electron chi connectivity index (χ4n) is 2.18. The molecule has 11 heteroatoms. The molecular formula is C16H9Cl2N5O3S. The summed E-state index contributed by atoms with van der Waals surface area (Å²) in [5, 5.41) is 19.6. The summed E-state index contributed by atoms with van der Waals surface area (Å²) in [5.41, 5.74) is -0.456. The van der Waals surface area contributed by atoms with Gasteiger partial charge in [0.15, 0.2) is 11.4 Å². The van der Waals surface area contributed by atoms with Crippen LogP contribution in [0.25, 0.3) is 5.69 Å². The van der Waals surface area contributed by atoms with Gasteiger partial charge >= 0.3 is 0 Å². The second-order valence-electron chi connectivity index (χ2n) is 5.17. The SMILES string of the molecule is N#Cc1[nH]n(-c2ccccc2)c(=O)c1/N=N/c1cc(S(=O)(=O)Cl)ccc1Cl. The van der Waals surface area contributed by atoms with E-state index >= 15 is 0 Å². The number of nitriles is 1. The lowest BCUT2D eigenvalue weighted by Gasteiger charge is -2.00. The van der Waals surface area contributed by atoms with E-state index in [-0.39, 0.29) is 27.0 Å². The smallest absolute Gasteiger partial charge is 0.279 e. The minimum atomic E-state index is -3.99. The topological polar surface area (TPSA) is 120 Å². The van der Waals surface area contributed by atoms with Gasteiger partial charge < -0.3 is 0 Å². The number of hydrogen-bond donors (Lipinski definition) is 1. The zero-order valence-electron chi connectivity index (χ0n) is 13.3. The van der Waals surface area contributed by atoms with E-state index in [4.69, 9.17) is 22.3 Å². The fourth-order valence-corrected chi connectivity index (χ4v) is 3.11. The van der Waals surface area contributed by atoms with Crippen molar-refractivity contribution < 1.29 is 8.42 Å². The molecule has 0 spiro atoms. The Hall–Kier alpha value is -2.93. The Morgan fingerprint density at radius 1 is 1.11 bits per heavy atom. The van der Waals surface area contributed by atoms with E-state index in [1.165, 1.54) is 12.1 Å². The van der Waals surface area contributed by atoms with Crippen LogP contribution < -0.4 is 5.56 Å². The van der Waals surface area contributed by atoms with Gasteiger partial charge in [-0.3, -0.25) is 9.89 Å². The second-order valence-corrected chi connectivity index (χ2v) is 8.15. The van der Waals surface area contributed by atoms with E-state index in [0.717, 1.165) is 10.7 Å². The van der Waals surface area contributed by atoms with Crippen LogP contribution in [0, 0.1) is 11.3 Å². The Kier molecular flexibility index (Phi) is 5.14. The largest absolute Gasteiger partial charge is 0.300 e. The van der Waals surface area contributed by atoms with Crippen LogP contribution in [0.5, 0.6) is 0 Å². The number of nitrogens with one attached hydrogen (secondary N) is 1. The summed E-state index contributed by atoms with van der Waals surface area (Å²) >= 11 is 5.98. The predicted molar refractivity (Wildman–Crippen MR) is 99.8 cm³/mol. The highest BCUT2D eigenvalue weighted by atomic mass is 35.7. The summed E-state index contributed by atoms with van der Waals surface area (Å²) in [6, 6.07) is 14.0. The third-order valence-corrected chi connectivity index (χ3v) is 5.12. The third-order valence-electron chi connectivity index (χ3n) is 3.45. The van der Waals surface area contributed by atoms with Crippen molar-refractivity contribution in [3.63, 3.8) is 0 Å². The lowest BCUT2D eigenvalue weighted by Crippen LogP contribution is -2.13. The molecule has 8 nitrogen and oxygen atoms in total. The second kappa shape index (κ2) is 7.36. The fraction of sp³-hybridized carbons (Fsp3) is 0. The molecule has 0 saturated carbocycles. The maximum atomic E-state index is 12.6. The first kappa shape index (κ1) is 18.8. The molecule has 0 unspecified atom stereocenters. The molecule has 0 aliphatic heterocycles. The molecule has 0 bridgehead atoms. The van der Waals surface area contributed by atoms with Crippen LogP contribution in [0.1, 0.15) is 5.69 Å². The van der Waals surface area contributed by atoms with E-state index < -0.39 is 14.6 Å². The first-order valence-electron chi connectivity index (χ1n) is 7.28. The quantitative estimate of drug-likeness (QED) is 0.504. The average Bonchev–Trinajstić information content (AvgIpc) is 2.96. The number of aromatic amines is 1. The van der Waals surface area contributed by atoms with Crippen LogP contribution in [0.2, 0.25) is 5.02 Å². The summed E-state index contributed by atoms with van der Waals surface area (Å²) in [5.74, 6) is 0. The zero-order valence-corrected chi connectivity index (χ0v) is 15.6. The minimum absolute atomic E-state index is 0.0193. The van der Waals surface area contributed by atoms with Gasteiger partial charge in [0.1, 0.15) is 11.8 Å². The molecule has 1 aromatic heterocycles. The molecule has 0 amide bonds. The van der Waals surface area contributed by atoms with E-state index in [9.17, 15) is 18.5 Å². The number of benzene rings is 2. The van der Waals surface area contributed by atoms with Crippen molar-refractivity contribution >= 4 is 42.7 Å². The molecule has 0 aliphatic rings. The summed E-state index contributed by atoms with van der Waals surface area (Å²) < 4.78 is 24.0. The molecule has 0 saturated heterocycles. The monoisotopic (exact) mass is 421 g/mol. The van der Waals surface area contributed by atoms with Gasteiger partial charge in [-0.25, -0.2) is 13.1 Å². The Balaban J connectivity index is 2.08. The van der Waals surface area contributed by atoms with Crippen LogP contribution in [-0.2, 0) is 9.05 Å². The molecular weight excluding hydrogens is 413 g/mol. The number of hydrogen-bond acceptors (Lipinski definition) is 6. The molecule has 136 valence electrons. The predicted octanol–water partition coefficient (Wildman–Crippen LogP) is 4.03. The molecule has 3 aromatic rings. The summed E-state index contributed by atoms with van der Waals surface area (Å²) in [6.45, 7) is 0. The molecule has 27 heavy (non-hydrogen) atoms. The van der Waals surface area contributed by atoms with Gasteiger partial charge in [0.25, 0.3) is 14.6 Å². The van der Waals surface area contributed by atoms with Crippen molar-refractivity contribution in [3.8, 4) is 11.8 Å². The van der Waals surface area contributed by atoms with Crippen LogP contribution in [0.15, 0.2) is 68.4 Å². The van der Waals surface area contributed by atoms with Crippen molar-refractivity contribution in [3.05, 3.63) is 69.6 Å². The van der Waals surface area contributed by atoms with E-state index in [0.29, 0.717) is 5.69 Å². The third kappa shape index (κ3) is 3.93. The molecule has 0 radical (unpaired) electrons. The minimum Gasteiger partial charge on any atom is -0.279 e. The number of para-hydroxylation sites is 1. The highest BCUT2D eigenvalue weighted by Gasteiger charge is 2.16. The number of aromatic nitrogens is 2. The van der Waals surface area contributed by atoms with Gasteiger partial charge in [-0.05, 0) is 30.3 Å². The van der Waals surface area contributed by atoms with E-state index in [1.54, 1.807) is 30.3 Å². The van der Waals surface area contributed by atoms with Gasteiger partial charge in [-0.1, -0.05) is 29.8 Å². The molecule has 3 rings (SSSR count). The lowest BCUT2D eigenvalue weighted by molar-refractivity contribution is 0.609. The average molecular weight is 422 g/mol. The van der Waals surface area contributed by atoms with Crippen molar-refractivity contribution in [1.82, 2.24) is 9.78 Å². The van der Waals surface area contributed by atoms with Crippen LogP contribution in [0.3, 0.4) is 0 Å². The maximum Gasteiger partial charge on any atom is 0.300 e. The van der Waals surface area contributed by atoms with Crippen molar-refractivity contribution in [2.75, 3.05) is 0 Å². The Labute approximate surface area is 162 Å². The zero-order chi connectivity index (χ0) is 19.6. The van der Waals surface area contributed by atoms with Crippen molar-refractivity contribution in [2.24, 2.45) is 10.2 Å². The number of halogens is 2. The van der Waals surface area contributed by atoms with E-state index in [1.807, 2.05) is 6.07 Å². The number of azo groups is 1. The van der Waals surface area contributed by atoms with Gasteiger partial charge in [-0.2, -0.15) is 5.26 Å². The molecule has 0 atom stereocenters. The summed E-state index contributed by atoms with van der Waals surface area (Å²) in [6.07, 6.45) is 0. The van der Waals surface area contributed by atoms with Gasteiger partial charge in [0.2, 0.25) is 0 Å². The van der Waals surface area contributed by atoms with Gasteiger partial charge in [0.05, 0.1) is 15.6 Å². The molecule has 1 heterocycles. The molecule has 0 aliphatic carbocycles. The van der Waals surface area contributed by atoms with Crippen LogP contribution in [-0.4, -0.2) is 18.2 Å². The number of rotatable bonds is 4. The molecule has 1 N–H and O–H groups in total. The van der Waals surface area contributed by atoms with Crippen molar-refractivity contribution in [2.45, 2.75) is 4.90 Å². The number of nitrogens with zero attached hydrogens (tertiary/aromatic N) is 4. The van der Waals surface area contributed by atoms with E-state index in [2.05, 4.69) is 15.3 Å². The number of H-pyrrole nitrogens is 1. The highest BCUT2D eigenvalue weighted by Crippen LogP contribution is 2.30. The Bertz CT molecular complexity index is 1240. The van der Waals surface area contributed by atoms with Gasteiger partial charge in [-0.15, -0.1) is 10.2 Å². The standard InChI is InChI=1S/C16H9Cl2N5O3S/c17-12-7-6-11(27(18,25)26)8-13(12)20-21-15-14(9-19)22-23(16(15)24)10-4-2-1-3-5-10/h1-8,22H/b21-20+.